The SMILES string of the molecule is CN(Cc1nc2ccccc2s1)C(=O)COC(=O)C1(c2ccccc2)CC1. The summed E-state index contributed by atoms with van der Waals surface area (Å²) in [6.07, 6.45) is 1.54. The van der Waals surface area contributed by atoms with Gasteiger partial charge in [0.2, 0.25) is 0 Å². The second kappa shape index (κ2) is 7.12. The molecule has 0 bridgehead atoms. The van der Waals surface area contributed by atoms with Crippen molar-refractivity contribution in [1.29, 1.82) is 0 Å². The maximum atomic E-state index is 12.5. The fourth-order valence-electron chi connectivity index (χ4n) is 3.15. The third-order valence-electron chi connectivity index (χ3n) is 4.93. The van der Waals surface area contributed by atoms with Gasteiger partial charge in [0.05, 0.1) is 22.2 Å². The number of aromatic nitrogens is 1. The number of hydrogen-bond acceptors (Lipinski definition) is 5. The number of carbonyl (C=O) groups is 2. The Kier molecular flexibility index (Phi) is 4.66. The third-order valence-corrected chi connectivity index (χ3v) is 5.95. The first kappa shape index (κ1) is 17.7. The van der Waals surface area contributed by atoms with Gasteiger partial charge in [-0.15, -0.1) is 11.3 Å². The molecule has 1 aliphatic rings. The molecule has 138 valence electrons. The molecule has 1 saturated carbocycles. The van der Waals surface area contributed by atoms with Crippen molar-refractivity contribution in [1.82, 2.24) is 9.88 Å². The molecule has 1 aliphatic carbocycles. The molecule has 1 fully saturated rings. The lowest BCUT2D eigenvalue weighted by atomic mass is 9.96. The van der Waals surface area contributed by atoms with Gasteiger partial charge in [0.1, 0.15) is 5.01 Å². The van der Waals surface area contributed by atoms with Gasteiger partial charge < -0.3 is 9.64 Å². The zero-order valence-electron chi connectivity index (χ0n) is 15.1. The van der Waals surface area contributed by atoms with E-state index in [1.54, 1.807) is 23.3 Å². The van der Waals surface area contributed by atoms with Crippen molar-refractivity contribution < 1.29 is 14.3 Å². The number of likely N-dealkylation sites (N-methyl/N-ethyl adjacent to an activating group) is 1. The Labute approximate surface area is 161 Å². The van der Waals surface area contributed by atoms with Crippen LogP contribution in [-0.2, 0) is 26.3 Å². The second-order valence-corrected chi connectivity index (χ2v) is 7.96. The first-order valence-corrected chi connectivity index (χ1v) is 9.71. The number of benzene rings is 2. The first-order valence-electron chi connectivity index (χ1n) is 8.90. The summed E-state index contributed by atoms with van der Waals surface area (Å²) in [6, 6.07) is 17.5. The molecule has 0 aliphatic heterocycles. The molecular weight excluding hydrogens is 360 g/mol. The largest absolute Gasteiger partial charge is 0.455 e. The zero-order chi connectivity index (χ0) is 18.9. The smallest absolute Gasteiger partial charge is 0.317 e. The highest BCUT2D eigenvalue weighted by atomic mass is 32.1. The summed E-state index contributed by atoms with van der Waals surface area (Å²) in [5, 5.41) is 0.862. The van der Waals surface area contributed by atoms with Gasteiger partial charge >= 0.3 is 5.97 Å². The Morgan fingerprint density at radius 2 is 1.81 bits per heavy atom. The molecule has 5 nitrogen and oxygen atoms in total. The minimum absolute atomic E-state index is 0.230. The van der Waals surface area contributed by atoms with Crippen molar-refractivity contribution in [2.75, 3.05) is 13.7 Å². The van der Waals surface area contributed by atoms with E-state index in [2.05, 4.69) is 4.98 Å². The Bertz CT molecular complexity index is 946. The Hall–Kier alpha value is -2.73. The number of rotatable bonds is 6. The van der Waals surface area contributed by atoms with Gasteiger partial charge in [-0.2, -0.15) is 0 Å². The number of esters is 1. The van der Waals surface area contributed by atoms with E-state index in [4.69, 9.17) is 4.74 Å². The normalized spacial score (nSPS) is 14.7. The molecule has 0 spiro atoms. The van der Waals surface area contributed by atoms with Crippen LogP contribution < -0.4 is 0 Å². The number of ether oxygens (including phenoxy) is 1. The summed E-state index contributed by atoms with van der Waals surface area (Å²) in [6.45, 7) is 0.161. The summed E-state index contributed by atoms with van der Waals surface area (Å²) < 4.78 is 6.45. The van der Waals surface area contributed by atoms with E-state index in [1.165, 1.54) is 0 Å². The van der Waals surface area contributed by atoms with Gasteiger partial charge in [-0.25, -0.2) is 4.98 Å². The van der Waals surface area contributed by atoms with Crippen LogP contribution in [0.3, 0.4) is 0 Å². The topological polar surface area (TPSA) is 59.5 Å². The van der Waals surface area contributed by atoms with Crippen molar-refractivity contribution in [2.45, 2.75) is 24.8 Å². The number of amides is 1. The summed E-state index contributed by atoms with van der Waals surface area (Å²) in [5.41, 5.74) is 1.33. The van der Waals surface area contributed by atoms with Crippen molar-refractivity contribution in [3.63, 3.8) is 0 Å². The molecule has 0 atom stereocenters. The Balaban J connectivity index is 1.34. The zero-order valence-corrected chi connectivity index (χ0v) is 15.9. The minimum atomic E-state index is -0.562. The highest BCUT2D eigenvalue weighted by Gasteiger charge is 2.52. The Morgan fingerprint density at radius 3 is 2.52 bits per heavy atom. The second-order valence-electron chi connectivity index (χ2n) is 6.85. The summed E-state index contributed by atoms with van der Waals surface area (Å²) in [5.74, 6) is -0.540. The Morgan fingerprint density at radius 1 is 1.11 bits per heavy atom. The van der Waals surface area contributed by atoms with Crippen LogP contribution in [0.15, 0.2) is 54.6 Å². The molecule has 0 saturated heterocycles. The van der Waals surface area contributed by atoms with E-state index in [0.29, 0.717) is 6.54 Å². The van der Waals surface area contributed by atoms with Crippen LogP contribution in [0.1, 0.15) is 23.4 Å². The summed E-state index contributed by atoms with van der Waals surface area (Å²) in [4.78, 5) is 31.0. The number of hydrogen-bond donors (Lipinski definition) is 0. The highest BCUT2D eigenvalue weighted by Crippen LogP contribution is 2.49. The van der Waals surface area contributed by atoms with Crippen LogP contribution in [0.5, 0.6) is 0 Å². The van der Waals surface area contributed by atoms with E-state index in [9.17, 15) is 9.59 Å². The van der Waals surface area contributed by atoms with Gasteiger partial charge in [-0.05, 0) is 30.5 Å². The lowest BCUT2D eigenvalue weighted by Gasteiger charge is -2.18. The van der Waals surface area contributed by atoms with E-state index >= 15 is 0 Å². The number of carbonyl (C=O) groups excluding carboxylic acids is 2. The van der Waals surface area contributed by atoms with Gasteiger partial charge in [0.25, 0.3) is 5.91 Å². The molecular formula is C21H20N2O3S. The molecule has 2 aromatic carbocycles. The lowest BCUT2D eigenvalue weighted by Crippen LogP contribution is -2.33. The van der Waals surface area contributed by atoms with Gasteiger partial charge in [-0.1, -0.05) is 42.5 Å². The van der Waals surface area contributed by atoms with Crippen molar-refractivity contribution >= 4 is 33.4 Å². The predicted octanol–water partition coefficient (Wildman–Crippen LogP) is 3.53. The number of para-hydroxylation sites is 1. The van der Waals surface area contributed by atoms with Gasteiger partial charge in [-0.3, -0.25) is 9.59 Å². The molecule has 1 aromatic heterocycles. The molecule has 0 radical (unpaired) electrons. The van der Waals surface area contributed by atoms with Crippen LogP contribution >= 0.6 is 11.3 Å². The molecule has 4 rings (SSSR count). The maximum Gasteiger partial charge on any atom is 0.317 e. The van der Waals surface area contributed by atoms with E-state index < -0.39 is 5.41 Å². The van der Waals surface area contributed by atoms with Crippen molar-refractivity contribution in [3.05, 3.63) is 65.2 Å². The monoisotopic (exact) mass is 380 g/mol. The molecule has 27 heavy (non-hydrogen) atoms. The fraction of sp³-hybridized carbons (Fsp3) is 0.286. The van der Waals surface area contributed by atoms with Crippen LogP contribution in [0.25, 0.3) is 10.2 Å². The van der Waals surface area contributed by atoms with Crippen molar-refractivity contribution in [3.8, 4) is 0 Å². The average molecular weight is 380 g/mol. The highest BCUT2D eigenvalue weighted by molar-refractivity contribution is 7.18. The lowest BCUT2D eigenvalue weighted by molar-refractivity contribution is -0.154. The van der Waals surface area contributed by atoms with E-state index in [-0.39, 0.29) is 18.5 Å². The molecule has 3 aromatic rings. The van der Waals surface area contributed by atoms with Crippen LogP contribution in [0.2, 0.25) is 0 Å². The molecule has 6 heteroatoms. The first-order chi connectivity index (χ1) is 13.1. The number of thiazole rings is 1. The molecule has 1 heterocycles. The standard InChI is InChI=1S/C21H20N2O3S/c1-23(13-18-22-16-9-5-6-10-17(16)27-18)19(24)14-26-20(25)21(11-12-21)15-7-3-2-4-8-15/h2-10H,11-14H2,1H3. The molecule has 0 N–H and O–H groups in total. The summed E-state index contributed by atoms with van der Waals surface area (Å²) >= 11 is 1.57. The molecule has 1 amide bonds. The quantitative estimate of drug-likeness (QED) is 0.614. The van der Waals surface area contributed by atoms with Crippen LogP contribution in [0, 0.1) is 0 Å². The van der Waals surface area contributed by atoms with Crippen LogP contribution in [0.4, 0.5) is 0 Å². The summed E-state index contributed by atoms with van der Waals surface area (Å²) in [7, 11) is 1.70. The molecule has 0 unspecified atom stereocenters. The van der Waals surface area contributed by atoms with Gasteiger partial charge in [0.15, 0.2) is 6.61 Å². The van der Waals surface area contributed by atoms with E-state index in [1.807, 2.05) is 54.6 Å². The van der Waals surface area contributed by atoms with E-state index in [0.717, 1.165) is 33.6 Å². The van der Waals surface area contributed by atoms with Gasteiger partial charge in [0, 0.05) is 7.05 Å². The fourth-order valence-corrected chi connectivity index (χ4v) is 4.17. The third kappa shape index (κ3) is 3.57. The minimum Gasteiger partial charge on any atom is -0.455 e. The van der Waals surface area contributed by atoms with Crippen molar-refractivity contribution in [2.24, 2.45) is 0 Å². The predicted molar refractivity (Wildman–Crippen MR) is 104 cm³/mol. The number of fused-ring (bicyclic) bond motifs is 1. The van der Waals surface area contributed by atoms with Crippen LogP contribution in [-0.4, -0.2) is 35.4 Å². The number of nitrogens with zero attached hydrogens (tertiary/aromatic N) is 2. The maximum absolute atomic E-state index is 12.5. The average Bonchev–Trinajstić information content (AvgIpc) is 3.41.